The lowest BCUT2D eigenvalue weighted by atomic mass is 10.2. The van der Waals surface area contributed by atoms with Crippen molar-refractivity contribution in [3.8, 4) is 0 Å². The van der Waals surface area contributed by atoms with Crippen LogP contribution in [0.1, 0.15) is 12.8 Å². The van der Waals surface area contributed by atoms with E-state index in [-0.39, 0.29) is 12.5 Å². The fraction of sp³-hybridized carbons (Fsp3) is 0.455. The molecule has 2 rings (SSSR count). The second-order valence-electron chi connectivity index (χ2n) is 4.60. The third-order valence-corrected chi connectivity index (χ3v) is 4.53. The number of para-hydroxylation sites is 1. The highest BCUT2D eigenvalue weighted by Crippen LogP contribution is 2.32. The van der Waals surface area contributed by atoms with Crippen molar-refractivity contribution in [1.82, 2.24) is 4.72 Å². The van der Waals surface area contributed by atoms with Gasteiger partial charge in [0.15, 0.2) is 4.90 Å². The lowest BCUT2D eigenvalue weighted by Gasteiger charge is -2.11. The molecule has 20 heavy (non-hydrogen) atoms. The number of hydrogen-bond acceptors (Lipinski definition) is 5. The maximum Gasteiger partial charge on any atom is 0.324 e. The van der Waals surface area contributed by atoms with Crippen LogP contribution in [0.15, 0.2) is 23.1 Å². The monoisotopic (exact) mass is 304 g/mol. The number of nitro benzene ring substituents is 1. The minimum atomic E-state index is -4.25. The van der Waals surface area contributed by atoms with Crippen molar-refractivity contribution >= 4 is 15.7 Å². The highest BCUT2D eigenvalue weighted by atomic mass is 32.2. The quantitative estimate of drug-likeness (QED) is 0.596. The van der Waals surface area contributed by atoms with Crippen LogP contribution in [-0.2, 0) is 10.0 Å². The number of nitrogens with zero attached hydrogens (tertiary/aromatic N) is 1. The largest absolute Gasteiger partial charge is 0.391 e. The molecule has 0 radical (unpaired) electrons. The van der Waals surface area contributed by atoms with E-state index >= 15 is 0 Å². The van der Waals surface area contributed by atoms with Crippen molar-refractivity contribution in [1.29, 1.82) is 0 Å². The topological polar surface area (TPSA) is 110 Å². The Morgan fingerprint density at radius 3 is 2.70 bits per heavy atom. The minimum Gasteiger partial charge on any atom is -0.391 e. The number of rotatable bonds is 6. The molecule has 1 unspecified atom stereocenters. The van der Waals surface area contributed by atoms with E-state index in [1.54, 1.807) is 0 Å². The summed E-state index contributed by atoms with van der Waals surface area (Å²) in [5.74, 6) is -1.17. The van der Waals surface area contributed by atoms with Crippen molar-refractivity contribution in [2.24, 2.45) is 5.92 Å². The summed E-state index contributed by atoms with van der Waals surface area (Å²) in [6, 6.07) is 2.84. The molecule has 0 saturated heterocycles. The predicted molar refractivity (Wildman–Crippen MR) is 67.0 cm³/mol. The van der Waals surface area contributed by atoms with Gasteiger partial charge in [-0.15, -0.1) is 0 Å². The third kappa shape index (κ3) is 3.11. The summed E-state index contributed by atoms with van der Waals surface area (Å²) in [5, 5.41) is 20.4. The zero-order chi connectivity index (χ0) is 14.9. The number of nitrogens with one attached hydrogen (secondary N) is 1. The van der Waals surface area contributed by atoms with Crippen LogP contribution >= 0.6 is 0 Å². The molecule has 2 N–H and O–H groups in total. The maximum absolute atomic E-state index is 13.4. The number of aliphatic hydroxyl groups is 1. The summed E-state index contributed by atoms with van der Waals surface area (Å²) in [6.07, 6.45) is 0.809. The molecular formula is C11H13FN2O5S. The van der Waals surface area contributed by atoms with Crippen molar-refractivity contribution in [2.75, 3.05) is 6.54 Å². The van der Waals surface area contributed by atoms with Crippen LogP contribution in [0.25, 0.3) is 0 Å². The number of aliphatic hydroxyl groups excluding tert-OH is 1. The van der Waals surface area contributed by atoms with Gasteiger partial charge < -0.3 is 5.11 Å². The Morgan fingerprint density at radius 2 is 2.15 bits per heavy atom. The molecule has 1 aliphatic carbocycles. The average Bonchev–Trinajstić information content (AvgIpc) is 3.19. The first-order chi connectivity index (χ1) is 9.33. The van der Waals surface area contributed by atoms with Gasteiger partial charge in [-0.1, -0.05) is 6.07 Å². The van der Waals surface area contributed by atoms with E-state index in [1.165, 1.54) is 0 Å². The number of benzene rings is 1. The molecule has 1 fully saturated rings. The third-order valence-electron chi connectivity index (χ3n) is 3.07. The second kappa shape index (κ2) is 5.43. The minimum absolute atomic E-state index is 0.0557. The van der Waals surface area contributed by atoms with Crippen LogP contribution < -0.4 is 4.72 Å². The van der Waals surface area contributed by atoms with Crippen LogP contribution in [0.2, 0.25) is 0 Å². The predicted octanol–water partition coefficient (Wildman–Crippen LogP) is 0.783. The molecule has 1 aromatic carbocycles. The van der Waals surface area contributed by atoms with Crippen molar-refractivity contribution < 1.29 is 22.8 Å². The summed E-state index contributed by atoms with van der Waals surface area (Å²) in [4.78, 5) is 8.94. The molecule has 0 amide bonds. The Labute approximate surface area is 114 Å². The van der Waals surface area contributed by atoms with E-state index in [9.17, 15) is 28.0 Å². The number of nitro groups is 1. The van der Waals surface area contributed by atoms with Gasteiger partial charge in [-0.2, -0.15) is 4.39 Å². The Bertz CT molecular complexity index is 630. The summed E-state index contributed by atoms with van der Waals surface area (Å²) in [7, 11) is -4.25. The fourth-order valence-electron chi connectivity index (χ4n) is 1.81. The summed E-state index contributed by atoms with van der Waals surface area (Å²) < 4.78 is 39.4. The second-order valence-corrected chi connectivity index (χ2v) is 6.34. The molecule has 1 saturated carbocycles. The molecule has 1 atom stereocenters. The van der Waals surface area contributed by atoms with E-state index in [0.29, 0.717) is 0 Å². The number of hydrogen-bond donors (Lipinski definition) is 2. The van der Waals surface area contributed by atoms with Gasteiger partial charge in [0.1, 0.15) is 0 Å². The van der Waals surface area contributed by atoms with Gasteiger partial charge in [-0.25, -0.2) is 13.1 Å². The molecule has 7 nitrogen and oxygen atoms in total. The van der Waals surface area contributed by atoms with Crippen LogP contribution in [0.4, 0.5) is 10.1 Å². The fourth-order valence-corrected chi connectivity index (χ4v) is 3.04. The zero-order valence-electron chi connectivity index (χ0n) is 10.3. The van der Waals surface area contributed by atoms with Crippen molar-refractivity contribution in [2.45, 2.75) is 23.8 Å². The van der Waals surface area contributed by atoms with Crippen molar-refractivity contribution in [3.63, 3.8) is 0 Å². The lowest BCUT2D eigenvalue weighted by Crippen LogP contribution is -2.33. The Hall–Kier alpha value is -1.58. The first-order valence-corrected chi connectivity index (χ1v) is 7.42. The smallest absolute Gasteiger partial charge is 0.324 e. The zero-order valence-corrected chi connectivity index (χ0v) is 11.1. The molecular weight excluding hydrogens is 291 g/mol. The van der Waals surface area contributed by atoms with E-state index in [2.05, 4.69) is 4.72 Å². The summed E-state index contributed by atoms with van der Waals surface area (Å²) >= 11 is 0. The van der Waals surface area contributed by atoms with Gasteiger partial charge in [-0.3, -0.25) is 10.1 Å². The maximum atomic E-state index is 13.4. The van der Waals surface area contributed by atoms with Gasteiger partial charge in [0.2, 0.25) is 15.8 Å². The molecule has 9 heteroatoms. The van der Waals surface area contributed by atoms with Gasteiger partial charge in [0.25, 0.3) is 0 Å². The SMILES string of the molecule is O=[N+]([O-])c1c(F)cccc1S(=O)(=O)NCC(O)C1CC1. The molecule has 1 aromatic rings. The van der Waals surface area contributed by atoms with Gasteiger partial charge in [0, 0.05) is 6.54 Å². The highest BCUT2D eigenvalue weighted by Gasteiger charge is 2.33. The Kier molecular flexibility index (Phi) is 4.02. The van der Waals surface area contributed by atoms with Gasteiger partial charge in [-0.05, 0) is 30.9 Å². The number of sulfonamides is 1. The molecule has 0 spiro atoms. The van der Waals surface area contributed by atoms with Crippen LogP contribution in [0.5, 0.6) is 0 Å². The standard InChI is InChI=1S/C11H13FN2O5S/c12-8-2-1-3-10(11(8)14(16)17)20(18,19)13-6-9(15)7-4-5-7/h1-3,7,9,13,15H,4-6H2. The van der Waals surface area contributed by atoms with Gasteiger partial charge in [0.05, 0.1) is 11.0 Å². The van der Waals surface area contributed by atoms with Crippen LogP contribution in [0.3, 0.4) is 0 Å². The van der Waals surface area contributed by atoms with Crippen LogP contribution in [0, 0.1) is 21.8 Å². The Balaban J connectivity index is 2.24. The summed E-state index contributed by atoms with van der Waals surface area (Å²) in [5.41, 5.74) is -1.10. The lowest BCUT2D eigenvalue weighted by molar-refractivity contribution is -0.390. The molecule has 110 valence electrons. The normalized spacial score (nSPS) is 16.9. The number of halogens is 1. The van der Waals surface area contributed by atoms with E-state index in [4.69, 9.17) is 0 Å². The van der Waals surface area contributed by atoms with E-state index < -0.39 is 37.5 Å². The van der Waals surface area contributed by atoms with E-state index in [1.807, 2.05) is 0 Å². The van der Waals surface area contributed by atoms with Crippen molar-refractivity contribution in [3.05, 3.63) is 34.1 Å². The first-order valence-electron chi connectivity index (χ1n) is 5.93. The van der Waals surface area contributed by atoms with Crippen LogP contribution in [-0.4, -0.2) is 31.1 Å². The van der Waals surface area contributed by atoms with Gasteiger partial charge >= 0.3 is 5.69 Å². The summed E-state index contributed by atoms with van der Waals surface area (Å²) in [6.45, 7) is -0.249. The molecule has 0 aliphatic heterocycles. The molecule has 0 aromatic heterocycles. The first kappa shape index (κ1) is 14.8. The average molecular weight is 304 g/mol. The molecule has 1 aliphatic rings. The molecule has 0 heterocycles. The van der Waals surface area contributed by atoms with E-state index in [0.717, 1.165) is 31.0 Å². The Morgan fingerprint density at radius 1 is 1.50 bits per heavy atom. The highest BCUT2D eigenvalue weighted by molar-refractivity contribution is 7.89. The molecule has 0 bridgehead atoms.